The summed E-state index contributed by atoms with van der Waals surface area (Å²) in [6.45, 7) is 3.16. The van der Waals surface area contributed by atoms with Gasteiger partial charge in [0.2, 0.25) is 11.6 Å². The molecule has 2 rings (SSSR count). The van der Waals surface area contributed by atoms with E-state index in [2.05, 4.69) is 15.3 Å². The molecule has 20 heavy (non-hydrogen) atoms. The molecule has 2 aromatic heterocycles. The molecular weight excluding hydrogens is 278 g/mol. The molecule has 0 fully saturated rings. The molecule has 0 radical (unpaired) electrons. The van der Waals surface area contributed by atoms with E-state index >= 15 is 0 Å². The maximum atomic E-state index is 11.3. The number of nitrogens with zero attached hydrogens (tertiary/aromatic N) is 4. The Balaban J connectivity index is 2.41. The first-order valence-corrected chi connectivity index (χ1v) is 6.99. The average Bonchev–Trinajstić information content (AvgIpc) is 2.96. The van der Waals surface area contributed by atoms with Crippen LogP contribution in [0.1, 0.15) is 11.8 Å². The Bertz CT molecular complexity index is 588. The quantitative estimate of drug-likeness (QED) is 0.650. The van der Waals surface area contributed by atoms with Crippen molar-refractivity contribution in [1.82, 2.24) is 9.97 Å². The third-order valence-corrected chi connectivity index (χ3v) is 3.69. The molecule has 0 atom stereocenters. The van der Waals surface area contributed by atoms with Crippen molar-refractivity contribution in [3.63, 3.8) is 0 Å². The lowest BCUT2D eigenvalue weighted by Crippen LogP contribution is -2.24. The van der Waals surface area contributed by atoms with E-state index < -0.39 is 4.92 Å². The molecule has 0 spiro atoms. The molecule has 0 bridgehead atoms. The van der Waals surface area contributed by atoms with Crippen LogP contribution in [0.4, 0.5) is 17.3 Å². The molecule has 0 saturated heterocycles. The van der Waals surface area contributed by atoms with Gasteiger partial charge in [-0.25, -0.2) is 9.97 Å². The van der Waals surface area contributed by atoms with Crippen LogP contribution < -0.4 is 10.2 Å². The first-order valence-electron chi connectivity index (χ1n) is 6.11. The van der Waals surface area contributed by atoms with E-state index in [0.29, 0.717) is 18.9 Å². The van der Waals surface area contributed by atoms with Gasteiger partial charge in [-0.15, -0.1) is 11.3 Å². The summed E-state index contributed by atoms with van der Waals surface area (Å²) in [6, 6.07) is 3.96. The summed E-state index contributed by atoms with van der Waals surface area (Å²) < 4.78 is 0. The Labute approximate surface area is 120 Å². The fourth-order valence-electron chi connectivity index (χ4n) is 1.88. The minimum atomic E-state index is -0.446. The van der Waals surface area contributed by atoms with Gasteiger partial charge in [-0.2, -0.15) is 0 Å². The van der Waals surface area contributed by atoms with E-state index in [1.807, 2.05) is 29.3 Å². The van der Waals surface area contributed by atoms with E-state index in [4.69, 9.17) is 0 Å². The third-order valence-electron chi connectivity index (χ3n) is 2.83. The van der Waals surface area contributed by atoms with Crippen LogP contribution in [0, 0.1) is 10.1 Å². The Morgan fingerprint density at radius 3 is 2.85 bits per heavy atom. The van der Waals surface area contributed by atoms with Crippen molar-refractivity contribution in [3.05, 3.63) is 38.8 Å². The molecule has 0 saturated carbocycles. The predicted octanol–water partition coefficient (Wildman–Crippen LogP) is 2.51. The Kier molecular flexibility index (Phi) is 4.46. The van der Waals surface area contributed by atoms with Crippen LogP contribution in [-0.4, -0.2) is 28.5 Å². The van der Waals surface area contributed by atoms with Gasteiger partial charge in [0.05, 0.1) is 11.5 Å². The Morgan fingerprint density at radius 1 is 1.50 bits per heavy atom. The van der Waals surface area contributed by atoms with Crippen molar-refractivity contribution >= 4 is 28.7 Å². The van der Waals surface area contributed by atoms with Crippen molar-refractivity contribution in [1.29, 1.82) is 0 Å². The highest BCUT2D eigenvalue weighted by Crippen LogP contribution is 2.32. The van der Waals surface area contributed by atoms with Crippen LogP contribution in [-0.2, 0) is 6.54 Å². The van der Waals surface area contributed by atoms with Crippen molar-refractivity contribution in [2.24, 2.45) is 0 Å². The summed E-state index contributed by atoms with van der Waals surface area (Å²) in [5.41, 5.74) is -0.0894. The number of aromatic nitrogens is 2. The van der Waals surface area contributed by atoms with Crippen LogP contribution in [0.25, 0.3) is 0 Å². The highest BCUT2D eigenvalue weighted by molar-refractivity contribution is 7.09. The first-order chi connectivity index (χ1) is 9.67. The van der Waals surface area contributed by atoms with Crippen LogP contribution in [0.15, 0.2) is 23.8 Å². The number of nitro groups is 1. The van der Waals surface area contributed by atoms with Crippen LogP contribution >= 0.6 is 11.3 Å². The van der Waals surface area contributed by atoms with Crippen molar-refractivity contribution < 1.29 is 4.92 Å². The number of hydrogen-bond acceptors (Lipinski definition) is 7. The zero-order valence-corrected chi connectivity index (χ0v) is 12.1. The number of rotatable bonds is 6. The summed E-state index contributed by atoms with van der Waals surface area (Å²) in [6.07, 6.45) is 1.34. The summed E-state index contributed by atoms with van der Waals surface area (Å²) in [5, 5.41) is 16.0. The second-order valence-corrected chi connectivity index (χ2v) is 5.03. The zero-order chi connectivity index (χ0) is 14.5. The van der Waals surface area contributed by atoms with Gasteiger partial charge in [-0.3, -0.25) is 10.1 Å². The van der Waals surface area contributed by atoms with Gasteiger partial charge in [0, 0.05) is 18.5 Å². The van der Waals surface area contributed by atoms with Crippen molar-refractivity contribution in [3.8, 4) is 0 Å². The number of hydrogen-bond donors (Lipinski definition) is 1. The molecule has 0 unspecified atom stereocenters. The molecule has 2 heterocycles. The van der Waals surface area contributed by atoms with Gasteiger partial charge >= 0.3 is 5.69 Å². The molecule has 7 nitrogen and oxygen atoms in total. The normalized spacial score (nSPS) is 10.3. The summed E-state index contributed by atoms with van der Waals surface area (Å²) in [4.78, 5) is 21.8. The van der Waals surface area contributed by atoms with Gasteiger partial charge in [0.25, 0.3) is 0 Å². The topological polar surface area (TPSA) is 84.2 Å². The first kappa shape index (κ1) is 14.2. The Hall–Kier alpha value is -2.22. The van der Waals surface area contributed by atoms with Gasteiger partial charge in [0.15, 0.2) is 0 Å². The second kappa shape index (κ2) is 6.29. The third kappa shape index (κ3) is 2.85. The summed E-state index contributed by atoms with van der Waals surface area (Å²) in [7, 11) is 1.61. The molecule has 106 valence electrons. The van der Waals surface area contributed by atoms with Gasteiger partial charge in [0.1, 0.15) is 6.33 Å². The fourth-order valence-corrected chi connectivity index (χ4v) is 2.60. The largest absolute Gasteiger partial charge is 0.367 e. The van der Waals surface area contributed by atoms with Crippen LogP contribution in [0.3, 0.4) is 0 Å². The van der Waals surface area contributed by atoms with Crippen LogP contribution in [0.2, 0.25) is 0 Å². The van der Waals surface area contributed by atoms with Crippen molar-refractivity contribution in [2.45, 2.75) is 13.5 Å². The lowest BCUT2D eigenvalue weighted by Gasteiger charge is -2.21. The van der Waals surface area contributed by atoms with Crippen LogP contribution in [0.5, 0.6) is 0 Å². The van der Waals surface area contributed by atoms with Crippen molar-refractivity contribution in [2.75, 3.05) is 23.8 Å². The van der Waals surface area contributed by atoms with E-state index in [1.54, 1.807) is 18.4 Å². The lowest BCUT2D eigenvalue weighted by atomic mass is 10.3. The number of nitrogens with one attached hydrogen (secondary N) is 1. The Morgan fingerprint density at radius 2 is 2.30 bits per heavy atom. The highest BCUT2D eigenvalue weighted by atomic mass is 32.1. The second-order valence-electron chi connectivity index (χ2n) is 4.00. The van der Waals surface area contributed by atoms with Gasteiger partial charge in [-0.1, -0.05) is 6.07 Å². The maximum absolute atomic E-state index is 11.3. The minimum Gasteiger partial charge on any atom is -0.367 e. The summed E-state index contributed by atoms with van der Waals surface area (Å²) in [5.74, 6) is 0.565. The summed E-state index contributed by atoms with van der Waals surface area (Å²) >= 11 is 1.61. The molecule has 0 aliphatic rings. The van der Waals surface area contributed by atoms with E-state index in [9.17, 15) is 10.1 Å². The molecule has 8 heteroatoms. The molecule has 1 N–H and O–H groups in total. The smallest absolute Gasteiger partial charge is 0.353 e. The highest BCUT2D eigenvalue weighted by Gasteiger charge is 2.25. The SMILES string of the molecule is CCN(Cc1cccs1)c1ncnc(NC)c1[N+](=O)[O-]. The molecule has 0 aliphatic carbocycles. The number of anilines is 2. The number of thiophene rings is 1. The minimum absolute atomic E-state index is 0.0894. The monoisotopic (exact) mass is 293 g/mol. The van der Waals surface area contributed by atoms with Gasteiger partial charge < -0.3 is 10.2 Å². The molecule has 0 aromatic carbocycles. The maximum Gasteiger partial charge on any atom is 0.353 e. The molecular formula is C12H15N5O2S. The van der Waals surface area contributed by atoms with E-state index in [-0.39, 0.29) is 11.5 Å². The fraction of sp³-hybridized carbons (Fsp3) is 0.333. The predicted molar refractivity (Wildman–Crippen MR) is 79.3 cm³/mol. The van der Waals surface area contributed by atoms with E-state index in [1.165, 1.54) is 6.33 Å². The zero-order valence-electron chi connectivity index (χ0n) is 11.2. The molecule has 2 aromatic rings. The lowest BCUT2D eigenvalue weighted by molar-refractivity contribution is -0.383. The molecule has 0 aliphatic heterocycles. The standard InChI is InChI=1S/C12H15N5O2S/c1-3-16(7-9-5-4-6-20-9)12-10(17(18)19)11(13-2)14-8-15-12/h4-6,8H,3,7H2,1-2H3,(H,13,14,15). The average molecular weight is 293 g/mol. The van der Waals surface area contributed by atoms with Gasteiger partial charge in [-0.05, 0) is 18.4 Å². The van der Waals surface area contributed by atoms with E-state index in [0.717, 1.165) is 4.88 Å². The molecule has 0 amide bonds.